The van der Waals surface area contributed by atoms with Gasteiger partial charge in [0.2, 0.25) is 10.0 Å². The zero-order valence-electron chi connectivity index (χ0n) is 14.0. The maximum atomic E-state index is 12.4. The maximum absolute atomic E-state index is 12.4. The van der Waals surface area contributed by atoms with Gasteiger partial charge in [-0.3, -0.25) is 0 Å². The minimum atomic E-state index is -3.50. The first-order valence-corrected chi connectivity index (χ1v) is 9.58. The molecule has 1 aromatic heterocycles. The SMILES string of the molecule is Cc1cccc(-c2ccc(S(=O)(=O)NCCCc3cnoc3)cc2)c1. The van der Waals surface area contributed by atoms with Crippen LogP contribution >= 0.6 is 0 Å². The van der Waals surface area contributed by atoms with Crippen molar-refractivity contribution in [2.45, 2.75) is 24.7 Å². The molecular formula is C19H20N2O3S. The Morgan fingerprint density at radius 1 is 1.08 bits per heavy atom. The van der Waals surface area contributed by atoms with Crippen molar-refractivity contribution in [2.75, 3.05) is 6.54 Å². The van der Waals surface area contributed by atoms with Crippen LogP contribution in [0, 0.1) is 6.92 Å². The van der Waals surface area contributed by atoms with Gasteiger partial charge in [0.25, 0.3) is 0 Å². The van der Waals surface area contributed by atoms with Crippen LogP contribution in [0.15, 0.2) is 70.4 Å². The highest BCUT2D eigenvalue weighted by Gasteiger charge is 2.13. The van der Waals surface area contributed by atoms with Gasteiger partial charge in [-0.25, -0.2) is 13.1 Å². The lowest BCUT2D eigenvalue weighted by molar-refractivity contribution is 0.418. The highest BCUT2D eigenvalue weighted by molar-refractivity contribution is 7.89. The van der Waals surface area contributed by atoms with Gasteiger partial charge < -0.3 is 4.52 Å². The third-order valence-corrected chi connectivity index (χ3v) is 5.41. The topological polar surface area (TPSA) is 72.2 Å². The molecule has 0 saturated heterocycles. The van der Waals surface area contributed by atoms with Crippen LogP contribution in [0.4, 0.5) is 0 Å². The number of aryl methyl sites for hydroxylation is 2. The summed E-state index contributed by atoms with van der Waals surface area (Å²) in [5, 5.41) is 3.62. The molecule has 0 aliphatic carbocycles. The molecule has 0 fully saturated rings. The van der Waals surface area contributed by atoms with E-state index >= 15 is 0 Å². The molecule has 3 aromatic rings. The molecule has 130 valence electrons. The van der Waals surface area contributed by atoms with Crippen LogP contribution in [-0.2, 0) is 16.4 Å². The smallest absolute Gasteiger partial charge is 0.240 e. The fraction of sp³-hybridized carbons (Fsp3) is 0.211. The summed E-state index contributed by atoms with van der Waals surface area (Å²) in [5.74, 6) is 0. The summed E-state index contributed by atoms with van der Waals surface area (Å²) in [6.07, 6.45) is 4.61. The molecule has 0 radical (unpaired) electrons. The summed E-state index contributed by atoms with van der Waals surface area (Å²) in [6.45, 7) is 2.40. The van der Waals surface area contributed by atoms with Crippen LogP contribution in [-0.4, -0.2) is 20.1 Å². The molecule has 0 aliphatic heterocycles. The van der Waals surface area contributed by atoms with Gasteiger partial charge >= 0.3 is 0 Å². The molecule has 5 nitrogen and oxygen atoms in total. The Hall–Kier alpha value is -2.44. The average Bonchev–Trinajstić information content (AvgIpc) is 3.12. The standard InChI is InChI=1S/C19H20N2O3S/c1-15-4-2-6-18(12-15)17-7-9-19(10-8-17)25(22,23)21-11-3-5-16-13-20-24-14-16/h2,4,6-10,12-14,21H,3,5,11H2,1H3. The van der Waals surface area contributed by atoms with Gasteiger partial charge in [-0.15, -0.1) is 0 Å². The van der Waals surface area contributed by atoms with E-state index in [2.05, 4.69) is 15.9 Å². The van der Waals surface area contributed by atoms with E-state index < -0.39 is 10.0 Å². The lowest BCUT2D eigenvalue weighted by Crippen LogP contribution is -2.25. The third-order valence-electron chi connectivity index (χ3n) is 3.93. The lowest BCUT2D eigenvalue weighted by atomic mass is 10.0. The van der Waals surface area contributed by atoms with E-state index in [1.807, 2.05) is 37.3 Å². The molecular weight excluding hydrogens is 336 g/mol. The molecule has 25 heavy (non-hydrogen) atoms. The Kier molecular flexibility index (Phi) is 5.31. The van der Waals surface area contributed by atoms with Crippen LogP contribution < -0.4 is 4.72 Å². The van der Waals surface area contributed by atoms with Crippen molar-refractivity contribution >= 4 is 10.0 Å². The number of benzene rings is 2. The van der Waals surface area contributed by atoms with E-state index in [4.69, 9.17) is 4.52 Å². The molecule has 0 bridgehead atoms. The molecule has 2 aromatic carbocycles. The summed E-state index contributed by atoms with van der Waals surface area (Å²) in [5.41, 5.74) is 4.20. The fourth-order valence-electron chi connectivity index (χ4n) is 2.58. The number of nitrogens with one attached hydrogen (secondary N) is 1. The van der Waals surface area contributed by atoms with Crippen LogP contribution in [0.3, 0.4) is 0 Å². The first-order chi connectivity index (χ1) is 12.0. The van der Waals surface area contributed by atoms with Crippen molar-refractivity contribution in [3.63, 3.8) is 0 Å². The Balaban J connectivity index is 1.62. The van der Waals surface area contributed by atoms with Crippen molar-refractivity contribution < 1.29 is 12.9 Å². The average molecular weight is 356 g/mol. The second-order valence-corrected chi connectivity index (χ2v) is 7.69. The van der Waals surface area contributed by atoms with Crippen LogP contribution in [0.25, 0.3) is 11.1 Å². The summed E-state index contributed by atoms with van der Waals surface area (Å²) in [6, 6.07) is 15.1. The zero-order valence-corrected chi connectivity index (χ0v) is 14.8. The normalized spacial score (nSPS) is 11.6. The lowest BCUT2D eigenvalue weighted by Gasteiger charge is -2.08. The largest absolute Gasteiger partial charge is 0.364 e. The number of rotatable bonds is 7. The van der Waals surface area contributed by atoms with E-state index in [-0.39, 0.29) is 4.90 Å². The van der Waals surface area contributed by atoms with Gasteiger partial charge in [-0.2, -0.15) is 0 Å². The Morgan fingerprint density at radius 3 is 2.56 bits per heavy atom. The molecule has 0 saturated carbocycles. The van der Waals surface area contributed by atoms with Crippen molar-refractivity contribution in [3.8, 4) is 11.1 Å². The summed E-state index contributed by atoms with van der Waals surface area (Å²) in [7, 11) is -3.50. The minimum absolute atomic E-state index is 0.272. The molecule has 1 heterocycles. The molecule has 0 atom stereocenters. The van der Waals surface area contributed by atoms with Gasteiger partial charge in [-0.05, 0) is 43.0 Å². The first-order valence-electron chi connectivity index (χ1n) is 8.10. The Labute approximate surface area is 147 Å². The zero-order chi connectivity index (χ0) is 17.7. The highest BCUT2D eigenvalue weighted by Crippen LogP contribution is 2.22. The number of aromatic nitrogens is 1. The molecule has 3 rings (SSSR count). The Bertz CT molecular complexity index is 918. The first kappa shape index (κ1) is 17.4. The third kappa shape index (κ3) is 4.55. The van der Waals surface area contributed by atoms with Crippen LogP contribution in [0.5, 0.6) is 0 Å². The van der Waals surface area contributed by atoms with Gasteiger partial charge in [0.15, 0.2) is 0 Å². The second kappa shape index (κ2) is 7.63. The van der Waals surface area contributed by atoms with E-state index in [9.17, 15) is 8.42 Å². The number of sulfonamides is 1. The monoisotopic (exact) mass is 356 g/mol. The van der Waals surface area contributed by atoms with Gasteiger partial charge in [0.05, 0.1) is 11.1 Å². The maximum Gasteiger partial charge on any atom is 0.240 e. The Morgan fingerprint density at radius 2 is 1.88 bits per heavy atom. The van der Waals surface area contributed by atoms with E-state index in [0.717, 1.165) is 23.1 Å². The molecule has 0 unspecified atom stereocenters. The van der Waals surface area contributed by atoms with E-state index in [0.29, 0.717) is 13.0 Å². The summed E-state index contributed by atoms with van der Waals surface area (Å²) >= 11 is 0. The predicted molar refractivity (Wildman–Crippen MR) is 96.6 cm³/mol. The van der Waals surface area contributed by atoms with Crippen LogP contribution in [0.2, 0.25) is 0 Å². The number of nitrogens with zero attached hydrogens (tertiary/aromatic N) is 1. The van der Waals surface area contributed by atoms with Crippen molar-refractivity contribution in [3.05, 3.63) is 72.1 Å². The number of hydrogen-bond acceptors (Lipinski definition) is 4. The quantitative estimate of drug-likeness (QED) is 0.657. The molecule has 0 amide bonds. The molecule has 0 spiro atoms. The predicted octanol–water partition coefficient (Wildman–Crippen LogP) is 3.56. The fourth-order valence-corrected chi connectivity index (χ4v) is 3.66. The van der Waals surface area contributed by atoms with Crippen molar-refractivity contribution in [1.29, 1.82) is 0 Å². The number of hydrogen-bond donors (Lipinski definition) is 1. The highest BCUT2D eigenvalue weighted by atomic mass is 32.2. The van der Waals surface area contributed by atoms with Crippen LogP contribution in [0.1, 0.15) is 17.5 Å². The second-order valence-electron chi connectivity index (χ2n) is 5.93. The minimum Gasteiger partial charge on any atom is -0.364 e. The van der Waals surface area contributed by atoms with Gasteiger partial charge in [-0.1, -0.05) is 47.1 Å². The summed E-state index contributed by atoms with van der Waals surface area (Å²) in [4.78, 5) is 0.272. The van der Waals surface area contributed by atoms with Crippen molar-refractivity contribution in [1.82, 2.24) is 9.88 Å². The molecule has 0 aliphatic rings. The van der Waals surface area contributed by atoms with Gasteiger partial charge in [0.1, 0.15) is 6.26 Å². The van der Waals surface area contributed by atoms with Gasteiger partial charge in [0, 0.05) is 12.1 Å². The van der Waals surface area contributed by atoms with Crippen molar-refractivity contribution in [2.24, 2.45) is 0 Å². The summed E-state index contributed by atoms with van der Waals surface area (Å²) < 4.78 is 32.1. The molecule has 1 N–H and O–H groups in total. The van der Waals surface area contributed by atoms with E-state index in [1.165, 1.54) is 5.56 Å². The van der Waals surface area contributed by atoms with E-state index in [1.54, 1.807) is 24.6 Å². The molecule has 6 heteroatoms.